The van der Waals surface area contributed by atoms with Crippen molar-refractivity contribution in [3.63, 3.8) is 0 Å². The van der Waals surface area contributed by atoms with Gasteiger partial charge in [-0.25, -0.2) is 0 Å². The molecule has 7 nitrogen and oxygen atoms in total. The van der Waals surface area contributed by atoms with E-state index in [4.69, 9.17) is 21.1 Å². The zero-order valence-electron chi connectivity index (χ0n) is 17.9. The summed E-state index contributed by atoms with van der Waals surface area (Å²) in [7, 11) is 6.76. The molecule has 0 saturated carbocycles. The Labute approximate surface area is 186 Å². The van der Waals surface area contributed by atoms with Crippen LogP contribution in [0.5, 0.6) is 11.5 Å². The maximum absolute atomic E-state index is 13.0. The van der Waals surface area contributed by atoms with Gasteiger partial charge in [0.2, 0.25) is 0 Å². The molecule has 164 valence electrons. The van der Waals surface area contributed by atoms with E-state index in [-0.39, 0.29) is 11.3 Å². The van der Waals surface area contributed by atoms with Crippen molar-refractivity contribution in [3.8, 4) is 11.5 Å². The van der Waals surface area contributed by atoms with Gasteiger partial charge in [-0.3, -0.25) is 9.59 Å². The van der Waals surface area contributed by atoms with Crippen LogP contribution < -0.4 is 9.47 Å². The standard InChI is InChI=1S/C23H25ClN2O5/c1-25(2)11-12-26-20(14-5-8-16(24)9-6-14)19(22(28)23(26)29)21(27)15-7-10-17(30-3)18(13-15)31-4/h5-10,13,20,27H,11-12H2,1-4H3/b21-19-. The largest absolute Gasteiger partial charge is 0.507 e. The zero-order chi connectivity index (χ0) is 22.7. The molecule has 0 aliphatic carbocycles. The van der Waals surface area contributed by atoms with Crippen molar-refractivity contribution in [2.24, 2.45) is 0 Å². The summed E-state index contributed by atoms with van der Waals surface area (Å²) in [6.07, 6.45) is 0. The molecule has 0 bridgehead atoms. The van der Waals surface area contributed by atoms with Crippen molar-refractivity contribution in [1.29, 1.82) is 0 Å². The molecule has 1 atom stereocenters. The van der Waals surface area contributed by atoms with Crippen LogP contribution in [0.3, 0.4) is 0 Å². The average molecular weight is 445 g/mol. The number of methoxy groups -OCH3 is 2. The van der Waals surface area contributed by atoms with Crippen LogP contribution in [0, 0.1) is 0 Å². The second-order valence-corrected chi connectivity index (χ2v) is 7.85. The lowest BCUT2D eigenvalue weighted by Gasteiger charge is -2.26. The third-order valence-electron chi connectivity index (χ3n) is 5.17. The number of hydrogen-bond donors (Lipinski definition) is 1. The van der Waals surface area contributed by atoms with Gasteiger partial charge in [0.1, 0.15) is 5.76 Å². The topological polar surface area (TPSA) is 79.3 Å². The summed E-state index contributed by atoms with van der Waals surface area (Å²) < 4.78 is 10.5. The molecular formula is C23H25ClN2O5. The number of likely N-dealkylation sites (tertiary alicyclic amines) is 1. The van der Waals surface area contributed by atoms with Gasteiger partial charge in [-0.05, 0) is 50.0 Å². The summed E-state index contributed by atoms with van der Waals surface area (Å²) in [5, 5.41) is 11.7. The number of hydrogen-bond acceptors (Lipinski definition) is 6. The van der Waals surface area contributed by atoms with Gasteiger partial charge in [0.15, 0.2) is 11.5 Å². The van der Waals surface area contributed by atoms with Gasteiger partial charge in [0.25, 0.3) is 11.7 Å². The van der Waals surface area contributed by atoms with E-state index in [1.54, 1.807) is 42.5 Å². The number of aliphatic hydroxyl groups is 1. The molecule has 0 spiro atoms. The van der Waals surface area contributed by atoms with Crippen molar-refractivity contribution in [2.75, 3.05) is 41.4 Å². The Hall–Kier alpha value is -3.03. The Bertz CT molecular complexity index is 1020. The minimum Gasteiger partial charge on any atom is -0.507 e. The Morgan fingerprint density at radius 2 is 1.71 bits per heavy atom. The Morgan fingerprint density at radius 3 is 2.29 bits per heavy atom. The fraction of sp³-hybridized carbons (Fsp3) is 0.304. The summed E-state index contributed by atoms with van der Waals surface area (Å²) in [6, 6.07) is 11.0. The van der Waals surface area contributed by atoms with Gasteiger partial charge in [-0.15, -0.1) is 0 Å². The molecule has 1 N–H and O–H groups in total. The Morgan fingerprint density at radius 1 is 1.06 bits per heavy atom. The normalized spacial score (nSPS) is 18.0. The monoisotopic (exact) mass is 444 g/mol. The number of benzene rings is 2. The number of rotatable bonds is 7. The van der Waals surface area contributed by atoms with Gasteiger partial charge >= 0.3 is 0 Å². The molecule has 1 fully saturated rings. The lowest BCUT2D eigenvalue weighted by molar-refractivity contribution is -0.140. The number of ketones is 1. The molecule has 0 aromatic heterocycles. The highest BCUT2D eigenvalue weighted by atomic mass is 35.5. The smallest absolute Gasteiger partial charge is 0.295 e. The number of carbonyl (C=O) groups is 2. The minimum atomic E-state index is -0.731. The molecule has 1 heterocycles. The van der Waals surface area contributed by atoms with Crippen LogP contribution in [-0.2, 0) is 9.59 Å². The SMILES string of the molecule is COc1ccc(/C(O)=C2/C(=O)C(=O)N(CCN(C)C)C2c2ccc(Cl)cc2)cc1OC. The van der Waals surface area contributed by atoms with Crippen LogP contribution in [0.4, 0.5) is 0 Å². The molecule has 1 amide bonds. The number of amides is 1. The van der Waals surface area contributed by atoms with Crippen molar-refractivity contribution >= 4 is 29.1 Å². The van der Waals surface area contributed by atoms with Crippen molar-refractivity contribution < 1.29 is 24.2 Å². The Balaban J connectivity index is 2.15. The highest BCUT2D eigenvalue weighted by molar-refractivity contribution is 6.46. The van der Waals surface area contributed by atoms with E-state index in [9.17, 15) is 14.7 Å². The van der Waals surface area contributed by atoms with Crippen LogP contribution in [0.15, 0.2) is 48.0 Å². The summed E-state index contributed by atoms with van der Waals surface area (Å²) in [4.78, 5) is 29.3. The molecule has 1 saturated heterocycles. The van der Waals surface area contributed by atoms with Crippen molar-refractivity contribution in [2.45, 2.75) is 6.04 Å². The van der Waals surface area contributed by atoms with Crippen LogP contribution in [0.25, 0.3) is 5.76 Å². The fourth-order valence-corrected chi connectivity index (χ4v) is 3.68. The van der Waals surface area contributed by atoms with E-state index in [0.717, 1.165) is 0 Å². The number of Topliss-reactive ketones (excluding diaryl/α,β-unsaturated/α-hetero) is 1. The molecule has 1 aliphatic heterocycles. The summed E-state index contributed by atoms with van der Waals surface area (Å²) in [5.41, 5.74) is 1.06. The lowest BCUT2D eigenvalue weighted by atomic mass is 9.95. The number of carbonyl (C=O) groups excluding carboxylic acids is 2. The second-order valence-electron chi connectivity index (χ2n) is 7.42. The number of ether oxygens (including phenoxy) is 2. The highest BCUT2D eigenvalue weighted by Gasteiger charge is 2.45. The van der Waals surface area contributed by atoms with Gasteiger partial charge < -0.3 is 24.4 Å². The van der Waals surface area contributed by atoms with Crippen LogP contribution in [0.1, 0.15) is 17.2 Å². The van der Waals surface area contributed by atoms with Gasteiger partial charge in [0, 0.05) is 23.7 Å². The van der Waals surface area contributed by atoms with Crippen LogP contribution in [0.2, 0.25) is 5.02 Å². The van der Waals surface area contributed by atoms with Crippen molar-refractivity contribution in [3.05, 3.63) is 64.2 Å². The zero-order valence-corrected chi connectivity index (χ0v) is 18.6. The van der Waals surface area contributed by atoms with E-state index >= 15 is 0 Å². The number of aliphatic hydroxyl groups excluding tert-OH is 1. The molecule has 1 unspecified atom stereocenters. The highest BCUT2D eigenvalue weighted by Crippen LogP contribution is 2.40. The summed E-state index contributed by atoms with van der Waals surface area (Å²) in [6.45, 7) is 0.890. The summed E-state index contributed by atoms with van der Waals surface area (Å²) in [5.74, 6) is -0.766. The van der Waals surface area contributed by atoms with E-state index in [1.807, 2.05) is 19.0 Å². The van der Waals surface area contributed by atoms with Crippen LogP contribution >= 0.6 is 11.6 Å². The van der Waals surface area contributed by atoms with Crippen molar-refractivity contribution in [1.82, 2.24) is 9.80 Å². The minimum absolute atomic E-state index is 0.0262. The maximum atomic E-state index is 13.0. The van der Waals surface area contributed by atoms with Gasteiger partial charge in [-0.2, -0.15) is 0 Å². The van der Waals surface area contributed by atoms with E-state index in [0.29, 0.717) is 40.7 Å². The predicted molar refractivity (Wildman–Crippen MR) is 119 cm³/mol. The molecule has 2 aromatic carbocycles. The molecule has 1 aliphatic rings. The number of nitrogens with zero attached hydrogens (tertiary/aromatic N) is 2. The fourth-order valence-electron chi connectivity index (χ4n) is 3.55. The van der Waals surface area contributed by atoms with Gasteiger partial charge in [-0.1, -0.05) is 23.7 Å². The first-order chi connectivity index (χ1) is 14.8. The number of likely N-dealkylation sites (N-methyl/N-ethyl adjacent to an activating group) is 1. The lowest BCUT2D eigenvalue weighted by Crippen LogP contribution is -2.35. The molecule has 8 heteroatoms. The molecular weight excluding hydrogens is 420 g/mol. The predicted octanol–water partition coefficient (Wildman–Crippen LogP) is 3.34. The molecule has 2 aromatic rings. The molecule has 0 radical (unpaired) electrons. The molecule has 3 rings (SSSR count). The molecule has 31 heavy (non-hydrogen) atoms. The van der Waals surface area contributed by atoms with Gasteiger partial charge in [0.05, 0.1) is 25.8 Å². The second kappa shape index (κ2) is 9.41. The van der Waals surface area contributed by atoms with E-state index < -0.39 is 17.7 Å². The quantitative estimate of drug-likeness (QED) is 0.401. The maximum Gasteiger partial charge on any atom is 0.295 e. The first kappa shape index (κ1) is 22.7. The van der Waals surface area contributed by atoms with E-state index in [2.05, 4.69) is 0 Å². The van der Waals surface area contributed by atoms with Crippen LogP contribution in [-0.4, -0.2) is 68.0 Å². The van der Waals surface area contributed by atoms with E-state index in [1.165, 1.54) is 19.1 Å². The number of halogens is 1. The third-order valence-corrected chi connectivity index (χ3v) is 5.42. The summed E-state index contributed by atoms with van der Waals surface area (Å²) >= 11 is 6.03. The first-order valence-electron chi connectivity index (χ1n) is 9.69. The Kier molecular flexibility index (Phi) is 6.87. The average Bonchev–Trinajstić information content (AvgIpc) is 3.01. The third kappa shape index (κ3) is 4.52. The first-order valence-corrected chi connectivity index (χ1v) is 10.1.